The van der Waals surface area contributed by atoms with Gasteiger partial charge in [0.25, 0.3) is 0 Å². The van der Waals surface area contributed by atoms with Crippen LogP contribution in [0.4, 0.5) is 0 Å². The van der Waals surface area contributed by atoms with E-state index in [0.29, 0.717) is 0 Å². The molecule has 0 saturated heterocycles. The summed E-state index contributed by atoms with van der Waals surface area (Å²) in [6.07, 6.45) is 9.65. The van der Waals surface area contributed by atoms with E-state index in [0.717, 1.165) is 25.7 Å². The first-order chi connectivity index (χ1) is 9.67. The van der Waals surface area contributed by atoms with E-state index in [1.165, 1.54) is 47.9 Å². The Bertz CT molecular complexity index is 370. The highest BCUT2D eigenvalue weighted by molar-refractivity contribution is 5.41. The predicted octanol–water partition coefficient (Wildman–Crippen LogP) is 5.34. The molecule has 0 radical (unpaired) electrons. The van der Waals surface area contributed by atoms with Crippen LogP contribution in [0.1, 0.15) is 88.1 Å². The van der Waals surface area contributed by atoms with Crippen LogP contribution >= 0.6 is 0 Å². The molecule has 0 aliphatic heterocycles. The van der Waals surface area contributed by atoms with Crippen LogP contribution in [0, 0.1) is 0 Å². The summed E-state index contributed by atoms with van der Waals surface area (Å²) in [7, 11) is 0. The summed E-state index contributed by atoms with van der Waals surface area (Å²) < 4.78 is 0. The third-order valence-electron chi connectivity index (χ3n) is 4.32. The average Bonchev–Trinajstić information content (AvgIpc) is 2.49. The molecule has 0 bridgehead atoms. The van der Waals surface area contributed by atoms with E-state index in [2.05, 4.69) is 39.8 Å². The number of unbranched alkanes of at least 4 members (excludes halogenated alkanes) is 3. The van der Waals surface area contributed by atoms with Crippen LogP contribution in [-0.2, 0) is 19.3 Å². The quantitative estimate of drug-likeness (QED) is 0.604. The van der Waals surface area contributed by atoms with Gasteiger partial charge in [0.1, 0.15) is 0 Å². The van der Waals surface area contributed by atoms with E-state index in [-0.39, 0.29) is 6.04 Å². The molecule has 0 spiro atoms. The Hall–Kier alpha value is -0.820. The fourth-order valence-corrected chi connectivity index (χ4v) is 3.05. The van der Waals surface area contributed by atoms with Crippen LogP contribution in [0.15, 0.2) is 12.1 Å². The van der Waals surface area contributed by atoms with E-state index in [1.54, 1.807) is 0 Å². The smallest absolute Gasteiger partial charge is 0.0300 e. The predicted molar refractivity (Wildman–Crippen MR) is 90.3 cm³/mol. The van der Waals surface area contributed by atoms with E-state index in [9.17, 15) is 0 Å². The molecule has 0 aliphatic carbocycles. The number of aryl methyl sites for hydroxylation is 3. The summed E-state index contributed by atoms with van der Waals surface area (Å²) in [5.74, 6) is 0. The maximum Gasteiger partial charge on any atom is 0.0300 e. The molecule has 114 valence electrons. The van der Waals surface area contributed by atoms with Crippen LogP contribution < -0.4 is 5.73 Å². The van der Waals surface area contributed by atoms with Gasteiger partial charge in [-0.05, 0) is 47.9 Å². The third kappa shape index (κ3) is 4.63. The van der Waals surface area contributed by atoms with Gasteiger partial charge < -0.3 is 5.73 Å². The van der Waals surface area contributed by atoms with Crippen molar-refractivity contribution >= 4 is 0 Å². The van der Waals surface area contributed by atoms with Crippen molar-refractivity contribution in [3.63, 3.8) is 0 Å². The van der Waals surface area contributed by atoms with Crippen molar-refractivity contribution in [1.29, 1.82) is 0 Å². The van der Waals surface area contributed by atoms with Gasteiger partial charge in [0.15, 0.2) is 0 Å². The molecule has 0 fully saturated rings. The van der Waals surface area contributed by atoms with E-state index < -0.39 is 0 Å². The SMILES string of the molecule is CCCCCCC(N)c1c(CC)cc(CC)cc1CC. The minimum absolute atomic E-state index is 0.225. The third-order valence-corrected chi connectivity index (χ3v) is 4.32. The first-order valence-corrected chi connectivity index (χ1v) is 8.57. The zero-order chi connectivity index (χ0) is 15.0. The lowest BCUT2D eigenvalue weighted by molar-refractivity contribution is 0.560. The lowest BCUT2D eigenvalue weighted by Crippen LogP contribution is -2.15. The molecule has 0 aromatic heterocycles. The van der Waals surface area contributed by atoms with E-state index in [1.807, 2.05) is 0 Å². The fraction of sp³-hybridized carbons (Fsp3) is 0.684. The molecular weight excluding hydrogens is 242 g/mol. The van der Waals surface area contributed by atoms with Crippen LogP contribution in [0.3, 0.4) is 0 Å². The summed E-state index contributed by atoms with van der Waals surface area (Å²) in [6, 6.07) is 4.98. The standard InChI is InChI=1S/C19H33N/c1-5-9-10-11-12-18(20)19-16(7-3)13-15(6-2)14-17(19)8-4/h13-14,18H,5-12,20H2,1-4H3. The van der Waals surface area contributed by atoms with E-state index in [4.69, 9.17) is 5.73 Å². The molecular formula is C19H33N. The molecule has 0 heterocycles. The number of benzene rings is 1. The second-order valence-corrected chi connectivity index (χ2v) is 5.84. The summed E-state index contributed by atoms with van der Waals surface area (Å²) in [5, 5.41) is 0. The first-order valence-electron chi connectivity index (χ1n) is 8.57. The average molecular weight is 275 g/mol. The van der Waals surface area contributed by atoms with Gasteiger partial charge in [-0.25, -0.2) is 0 Å². The van der Waals surface area contributed by atoms with Gasteiger partial charge in [-0.2, -0.15) is 0 Å². The van der Waals surface area contributed by atoms with Crippen molar-refractivity contribution in [2.75, 3.05) is 0 Å². The second-order valence-electron chi connectivity index (χ2n) is 5.84. The second kappa shape index (κ2) is 9.18. The topological polar surface area (TPSA) is 26.0 Å². The minimum atomic E-state index is 0.225. The number of hydrogen-bond donors (Lipinski definition) is 1. The Morgan fingerprint density at radius 3 is 1.90 bits per heavy atom. The van der Waals surface area contributed by atoms with Gasteiger partial charge in [-0.15, -0.1) is 0 Å². The summed E-state index contributed by atoms with van der Waals surface area (Å²) in [6.45, 7) is 9.00. The molecule has 0 saturated carbocycles. The molecule has 0 aliphatic rings. The summed E-state index contributed by atoms with van der Waals surface area (Å²) in [4.78, 5) is 0. The maximum absolute atomic E-state index is 6.52. The summed E-state index contributed by atoms with van der Waals surface area (Å²) in [5.41, 5.74) is 12.4. The zero-order valence-electron chi connectivity index (χ0n) is 14.0. The van der Waals surface area contributed by atoms with Gasteiger partial charge in [-0.3, -0.25) is 0 Å². The highest BCUT2D eigenvalue weighted by Gasteiger charge is 2.15. The van der Waals surface area contributed by atoms with E-state index >= 15 is 0 Å². The molecule has 2 N–H and O–H groups in total. The lowest BCUT2D eigenvalue weighted by atomic mass is 9.87. The van der Waals surface area contributed by atoms with Gasteiger partial charge >= 0.3 is 0 Å². The molecule has 1 atom stereocenters. The Morgan fingerprint density at radius 2 is 1.45 bits per heavy atom. The van der Waals surface area contributed by atoms with Gasteiger partial charge in [0, 0.05) is 6.04 Å². The monoisotopic (exact) mass is 275 g/mol. The molecule has 0 amide bonds. The van der Waals surface area contributed by atoms with Gasteiger partial charge in [0.2, 0.25) is 0 Å². The Balaban J connectivity index is 2.90. The van der Waals surface area contributed by atoms with Gasteiger partial charge in [0.05, 0.1) is 0 Å². The Labute approximate surface area is 126 Å². The molecule has 1 rings (SSSR count). The summed E-state index contributed by atoms with van der Waals surface area (Å²) >= 11 is 0. The number of rotatable bonds is 9. The number of nitrogens with two attached hydrogens (primary N) is 1. The van der Waals surface area contributed by atoms with Crippen LogP contribution in [0.5, 0.6) is 0 Å². The molecule has 20 heavy (non-hydrogen) atoms. The van der Waals surface area contributed by atoms with Crippen molar-refractivity contribution in [2.45, 2.75) is 85.1 Å². The number of hydrogen-bond acceptors (Lipinski definition) is 1. The van der Waals surface area contributed by atoms with Crippen molar-refractivity contribution in [2.24, 2.45) is 5.73 Å². The minimum Gasteiger partial charge on any atom is -0.324 e. The molecule has 1 aromatic carbocycles. The fourth-order valence-electron chi connectivity index (χ4n) is 3.05. The lowest BCUT2D eigenvalue weighted by Gasteiger charge is -2.21. The highest BCUT2D eigenvalue weighted by Crippen LogP contribution is 2.28. The molecule has 1 aromatic rings. The highest BCUT2D eigenvalue weighted by atomic mass is 14.6. The van der Waals surface area contributed by atoms with Crippen molar-refractivity contribution in [3.05, 3.63) is 34.4 Å². The maximum atomic E-state index is 6.52. The Kier molecular flexibility index (Phi) is 7.91. The van der Waals surface area contributed by atoms with Crippen molar-refractivity contribution in [1.82, 2.24) is 0 Å². The largest absolute Gasteiger partial charge is 0.324 e. The van der Waals surface area contributed by atoms with Crippen LogP contribution in [0.25, 0.3) is 0 Å². The first kappa shape index (κ1) is 17.2. The van der Waals surface area contributed by atoms with Gasteiger partial charge in [-0.1, -0.05) is 65.5 Å². The Morgan fingerprint density at radius 1 is 0.850 bits per heavy atom. The van der Waals surface area contributed by atoms with Crippen LogP contribution in [-0.4, -0.2) is 0 Å². The molecule has 1 nitrogen and oxygen atoms in total. The zero-order valence-corrected chi connectivity index (χ0v) is 14.0. The molecule has 1 heteroatoms. The van der Waals surface area contributed by atoms with Crippen molar-refractivity contribution < 1.29 is 0 Å². The van der Waals surface area contributed by atoms with Crippen molar-refractivity contribution in [3.8, 4) is 0 Å². The van der Waals surface area contributed by atoms with Crippen LogP contribution in [0.2, 0.25) is 0 Å². The normalized spacial score (nSPS) is 12.7. The molecule has 1 unspecified atom stereocenters.